The summed E-state index contributed by atoms with van der Waals surface area (Å²) in [6, 6.07) is 10.3. The Kier molecular flexibility index (Phi) is 8.38. The maximum Gasteiger partial charge on any atom is 0.324 e. The largest absolute Gasteiger partial charge is 0.461 e. The van der Waals surface area contributed by atoms with E-state index in [1.54, 1.807) is 0 Å². The second-order valence-corrected chi connectivity index (χ2v) is 12.2. The van der Waals surface area contributed by atoms with Crippen molar-refractivity contribution < 1.29 is 9.53 Å². The summed E-state index contributed by atoms with van der Waals surface area (Å²) in [4.78, 5) is 13.4. The Morgan fingerprint density at radius 1 is 1.00 bits per heavy atom. The predicted molar refractivity (Wildman–Crippen MR) is 130 cm³/mol. The third kappa shape index (κ3) is 7.91. The molecule has 0 radical (unpaired) electrons. The molecule has 1 aromatic carbocycles. The summed E-state index contributed by atoms with van der Waals surface area (Å²) in [7, 11) is 0. The molecule has 31 heavy (non-hydrogen) atoms. The Bertz CT molecular complexity index is 700. The van der Waals surface area contributed by atoms with Gasteiger partial charge in [-0.1, -0.05) is 57.5 Å². The Hall–Kier alpha value is -1.39. The number of ether oxygens (including phenoxy) is 1. The van der Waals surface area contributed by atoms with Crippen molar-refractivity contribution in [2.75, 3.05) is 6.54 Å². The quantitative estimate of drug-likeness (QED) is 0.564. The Morgan fingerprint density at radius 2 is 1.61 bits per heavy atom. The van der Waals surface area contributed by atoms with E-state index in [4.69, 9.17) is 4.74 Å². The van der Waals surface area contributed by atoms with E-state index in [9.17, 15) is 4.79 Å². The van der Waals surface area contributed by atoms with Crippen molar-refractivity contribution in [2.24, 2.45) is 11.8 Å². The van der Waals surface area contributed by atoms with Crippen LogP contribution in [0.2, 0.25) is 0 Å². The summed E-state index contributed by atoms with van der Waals surface area (Å²) >= 11 is 0. The van der Waals surface area contributed by atoms with Gasteiger partial charge in [0.1, 0.15) is 12.1 Å². The van der Waals surface area contributed by atoms with E-state index in [2.05, 4.69) is 103 Å². The van der Waals surface area contributed by atoms with Crippen LogP contribution in [0.25, 0.3) is 0 Å². The van der Waals surface area contributed by atoms with Gasteiger partial charge in [0.05, 0.1) is 0 Å². The lowest BCUT2D eigenvalue weighted by Crippen LogP contribution is -2.56. The zero-order chi connectivity index (χ0) is 23.4. The maximum atomic E-state index is 13.4. The molecule has 4 atom stereocenters. The van der Waals surface area contributed by atoms with Crippen LogP contribution in [0.15, 0.2) is 30.3 Å². The van der Waals surface area contributed by atoms with E-state index in [1.165, 1.54) is 12.0 Å². The normalized spacial score (nSPS) is 24.0. The molecule has 4 nitrogen and oxygen atoms in total. The van der Waals surface area contributed by atoms with Crippen LogP contribution in [0.1, 0.15) is 87.1 Å². The van der Waals surface area contributed by atoms with Crippen molar-refractivity contribution in [3.05, 3.63) is 35.9 Å². The molecule has 176 valence electrons. The smallest absolute Gasteiger partial charge is 0.324 e. The standard InChI is InChI=1S/C27H46N2O2/c1-19-15-16-21(27(8,9)20-13-11-10-12-14-20)23(17-19)31-24(30)22(29-26(5,6)7)18-28-25(2,3)4/h10-14,19,21-23,28-29H,15-18H2,1-9H3/t19-,21-,22+,23-/m1/s1. The van der Waals surface area contributed by atoms with Gasteiger partial charge in [-0.25, -0.2) is 0 Å². The van der Waals surface area contributed by atoms with Gasteiger partial charge in [-0.15, -0.1) is 0 Å². The number of hydrogen-bond donors (Lipinski definition) is 2. The monoisotopic (exact) mass is 430 g/mol. The second kappa shape index (κ2) is 10.0. The molecular formula is C27H46N2O2. The summed E-state index contributed by atoms with van der Waals surface area (Å²) in [5.74, 6) is 0.739. The molecule has 1 aromatic rings. The highest BCUT2D eigenvalue weighted by molar-refractivity contribution is 5.76. The minimum Gasteiger partial charge on any atom is -0.461 e. The third-order valence-electron chi connectivity index (χ3n) is 6.49. The van der Waals surface area contributed by atoms with Crippen molar-refractivity contribution >= 4 is 5.97 Å². The van der Waals surface area contributed by atoms with E-state index in [0.29, 0.717) is 18.4 Å². The van der Waals surface area contributed by atoms with Crippen LogP contribution in [0.3, 0.4) is 0 Å². The van der Waals surface area contributed by atoms with Gasteiger partial charge in [0.25, 0.3) is 0 Å². The zero-order valence-corrected chi connectivity index (χ0v) is 21.3. The van der Waals surface area contributed by atoms with Crippen LogP contribution >= 0.6 is 0 Å². The molecule has 4 heteroatoms. The van der Waals surface area contributed by atoms with Gasteiger partial charge in [0.15, 0.2) is 0 Å². The highest BCUT2D eigenvalue weighted by atomic mass is 16.5. The first-order valence-electron chi connectivity index (χ1n) is 12.0. The summed E-state index contributed by atoms with van der Waals surface area (Å²) in [6.45, 7) is 20.1. The van der Waals surface area contributed by atoms with Crippen molar-refractivity contribution in [3.8, 4) is 0 Å². The van der Waals surface area contributed by atoms with Crippen LogP contribution < -0.4 is 10.6 Å². The van der Waals surface area contributed by atoms with Crippen molar-refractivity contribution in [1.29, 1.82) is 0 Å². The molecule has 0 unspecified atom stereocenters. The van der Waals surface area contributed by atoms with Crippen LogP contribution in [-0.4, -0.2) is 35.7 Å². The lowest BCUT2D eigenvalue weighted by atomic mass is 9.64. The Balaban J connectivity index is 2.21. The molecule has 0 amide bonds. The summed E-state index contributed by atoms with van der Waals surface area (Å²) in [5, 5.41) is 6.95. The number of rotatable bonds is 7. The Morgan fingerprint density at radius 3 is 2.16 bits per heavy atom. The molecule has 1 saturated carbocycles. The van der Waals surface area contributed by atoms with Crippen LogP contribution in [0.4, 0.5) is 0 Å². The van der Waals surface area contributed by atoms with Gasteiger partial charge in [-0.05, 0) is 71.3 Å². The van der Waals surface area contributed by atoms with Gasteiger partial charge in [-0.2, -0.15) is 0 Å². The maximum absolute atomic E-state index is 13.4. The topological polar surface area (TPSA) is 50.4 Å². The fraction of sp³-hybridized carbons (Fsp3) is 0.741. The van der Waals surface area contributed by atoms with Crippen LogP contribution in [0, 0.1) is 11.8 Å². The third-order valence-corrected chi connectivity index (χ3v) is 6.49. The molecule has 1 aliphatic rings. The van der Waals surface area contributed by atoms with Crippen LogP contribution in [0.5, 0.6) is 0 Å². The van der Waals surface area contributed by atoms with Gasteiger partial charge >= 0.3 is 5.97 Å². The number of nitrogens with one attached hydrogen (secondary N) is 2. The second-order valence-electron chi connectivity index (χ2n) is 12.2. The fourth-order valence-corrected chi connectivity index (χ4v) is 4.72. The van der Waals surface area contributed by atoms with E-state index >= 15 is 0 Å². The Labute approximate surface area is 190 Å². The average Bonchev–Trinajstić information content (AvgIpc) is 2.64. The van der Waals surface area contributed by atoms with Crippen molar-refractivity contribution in [1.82, 2.24) is 10.6 Å². The molecule has 0 heterocycles. The molecule has 1 fully saturated rings. The summed E-state index contributed by atoms with van der Waals surface area (Å²) in [6.07, 6.45) is 3.13. The fourth-order valence-electron chi connectivity index (χ4n) is 4.72. The van der Waals surface area contributed by atoms with E-state index in [-0.39, 0.29) is 34.6 Å². The lowest BCUT2D eigenvalue weighted by Gasteiger charge is -2.44. The molecule has 2 rings (SSSR count). The van der Waals surface area contributed by atoms with Gasteiger partial charge < -0.3 is 10.1 Å². The molecular weight excluding hydrogens is 384 g/mol. The van der Waals surface area contributed by atoms with Crippen molar-refractivity contribution in [3.63, 3.8) is 0 Å². The van der Waals surface area contributed by atoms with Crippen LogP contribution in [-0.2, 0) is 14.9 Å². The summed E-state index contributed by atoms with van der Waals surface area (Å²) < 4.78 is 6.31. The number of hydrogen-bond acceptors (Lipinski definition) is 4. The first-order valence-corrected chi connectivity index (χ1v) is 12.0. The first kappa shape index (κ1) is 25.9. The van der Waals surface area contributed by atoms with E-state index in [1.807, 2.05) is 0 Å². The van der Waals surface area contributed by atoms with E-state index in [0.717, 1.165) is 12.8 Å². The average molecular weight is 431 g/mol. The van der Waals surface area contributed by atoms with Gasteiger partial charge in [0, 0.05) is 23.5 Å². The molecule has 1 aliphatic carbocycles. The van der Waals surface area contributed by atoms with Gasteiger partial charge in [0.2, 0.25) is 0 Å². The predicted octanol–water partition coefficient (Wildman–Crippen LogP) is 5.46. The molecule has 2 N–H and O–H groups in total. The number of benzene rings is 1. The SMILES string of the molecule is C[C@@H]1CC[C@@H](C(C)(C)c2ccccc2)[C@H](OC(=O)[C@H](CNC(C)(C)C)NC(C)(C)C)C1. The molecule has 0 aliphatic heterocycles. The number of esters is 1. The minimum absolute atomic E-state index is 0.0526. The van der Waals surface area contributed by atoms with E-state index < -0.39 is 0 Å². The van der Waals surface area contributed by atoms with Gasteiger partial charge in [-0.3, -0.25) is 10.1 Å². The number of carbonyl (C=O) groups is 1. The minimum atomic E-state index is -0.378. The highest BCUT2D eigenvalue weighted by Gasteiger charge is 2.42. The lowest BCUT2D eigenvalue weighted by molar-refractivity contribution is -0.159. The molecule has 0 spiro atoms. The molecule has 0 aromatic heterocycles. The molecule has 0 bridgehead atoms. The summed E-state index contributed by atoms with van der Waals surface area (Å²) in [5.41, 5.74) is 1.03. The first-order chi connectivity index (χ1) is 14.2. The highest BCUT2D eigenvalue weighted by Crippen LogP contribution is 2.43. The number of carbonyl (C=O) groups excluding carboxylic acids is 1. The molecule has 0 saturated heterocycles. The van der Waals surface area contributed by atoms with Crippen molar-refractivity contribution in [2.45, 2.75) is 110 Å². The zero-order valence-electron chi connectivity index (χ0n) is 21.3.